The fourth-order valence-corrected chi connectivity index (χ4v) is 2.28. The average molecular weight is 378 g/mol. The van der Waals surface area contributed by atoms with Gasteiger partial charge in [0.25, 0.3) is 0 Å². The van der Waals surface area contributed by atoms with Gasteiger partial charge >= 0.3 is 23.1 Å². The second kappa shape index (κ2) is 10.5. The Morgan fingerprint density at radius 2 is 1.35 bits per heavy atom. The first kappa shape index (κ1) is 19.8. The predicted octanol–water partition coefficient (Wildman–Crippen LogP) is 1.28. The van der Waals surface area contributed by atoms with Gasteiger partial charge < -0.3 is 21.7 Å². The zero-order chi connectivity index (χ0) is 14.3. The van der Waals surface area contributed by atoms with E-state index in [1.807, 2.05) is 36.4 Å². The molecule has 0 aliphatic heterocycles. The molecule has 0 bridgehead atoms. The maximum Gasteiger partial charge on any atom is 2.00 e. The molecule has 3 aromatic carbocycles. The van der Waals surface area contributed by atoms with Crippen LogP contribution in [0.2, 0.25) is 0 Å². The first-order chi connectivity index (χ1) is 10.4. The molecule has 0 aliphatic rings. The van der Waals surface area contributed by atoms with Crippen molar-refractivity contribution in [2.24, 2.45) is 0 Å². The molecular formula is C20H17BrMgO. The summed E-state index contributed by atoms with van der Waals surface area (Å²) in [6.07, 6.45) is 0.863. The van der Waals surface area contributed by atoms with E-state index < -0.39 is 0 Å². The molecule has 0 atom stereocenters. The van der Waals surface area contributed by atoms with Crippen LogP contribution < -0.4 is 21.7 Å². The van der Waals surface area contributed by atoms with Gasteiger partial charge in [-0.2, -0.15) is 18.2 Å². The molecule has 0 unspecified atom stereocenters. The number of rotatable bonds is 5. The molecule has 0 saturated heterocycles. The van der Waals surface area contributed by atoms with Gasteiger partial charge in [-0.3, -0.25) is 0 Å². The summed E-state index contributed by atoms with van der Waals surface area (Å²) in [5.41, 5.74) is 3.61. The molecule has 0 N–H and O–H groups in total. The molecule has 0 heterocycles. The summed E-state index contributed by atoms with van der Waals surface area (Å²) in [5, 5.41) is 0. The minimum Gasteiger partial charge on any atom is -1.00 e. The second-order valence-electron chi connectivity index (χ2n) is 4.96. The summed E-state index contributed by atoms with van der Waals surface area (Å²) in [6, 6.07) is 29.8. The molecule has 1 nitrogen and oxygen atoms in total. The van der Waals surface area contributed by atoms with Crippen molar-refractivity contribution in [1.29, 1.82) is 0 Å². The van der Waals surface area contributed by atoms with Crippen molar-refractivity contribution < 1.29 is 21.7 Å². The molecule has 3 rings (SSSR count). The van der Waals surface area contributed by atoms with Crippen LogP contribution in [0.4, 0.5) is 0 Å². The molecule has 0 fully saturated rings. The zero-order valence-corrected chi connectivity index (χ0v) is 15.9. The van der Waals surface area contributed by atoms with E-state index in [0.717, 1.165) is 12.2 Å². The molecule has 3 heteroatoms. The van der Waals surface area contributed by atoms with E-state index in [-0.39, 0.29) is 40.0 Å². The minimum absolute atomic E-state index is 0. The number of hydrogen-bond acceptors (Lipinski definition) is 1. The van der Waals surface area contributed by atoms with E-state index in [1.54, 1.807) is 0 Å². The van der Waals surface area contributed by atoms with Gasteiger partial charge in [0, 0.05) is 5.75 Å². The van der Waals surface area contributed by atoms with Crippen LogP contribution in [0.15, 0.2) is 78.9 Å². The summed E-state index contributed by atoms with van der Waals surface area (Å²) < 4.78 is 5.94. The van der Waals surface area contributed by atoms with Crippen molar-refractivity contribution in [3.8, 4) is 5.75 Å². The van der Waals surface area contributed by atoms with Gasteiger partial charge in [0.2, 0.25) is 0 Å². The van der Waals surface area contributed by atoms with Gasteiger partial charge in [-0.1, -0.05) is 66.2 Å². The van der Waals surface area contributed by atoms with Crippen LogP contribution in [-0.4, -0.2) is 23.1 Å². The number of halogens is 1. The molecule has 23 heavy (non-hydrogen) atoms. The van der Waals surface area contributed by atoms with E-state index in [0.29, 0.717) is 6.61 Å². The Morgan fingerprint density at radius 1 is 0.739 bits per heavy atom. The van der Waals surface area contributed by atoms with Gasteiger partial charge in [0.1, 0.15) is 6.61 Å². The SMILES string of the molecule is [Br-].[Mg+2].[c-]1cccc(Cc2ccccc2)c1OCc1ccccc1. The standard InChI is InChI=1S/C20H17O.BrH.Mg/c1-3-9-17(10-4-1)15-19-13-7-8-14-20(19)21-16-18-11-5-2-6-12-18;;/h1-13H,15-16H2;1H;/q-1;;+2/p-1. The average Bonchev–Trinajstić information content (AvgIpc) is 2.56. The smallest absolute Gasteiger partial charge is 1.00 e. The Bertz CT molecular complexity index is 686. The summed E-state index contributed by atoms with van der Waals surface area (Å²) in [5.74, 6) is 0.838. The molecular weight excluding hydrogens is 360 g/mol. The van der Waals surface area contributed by atoms with Crippen LogP contribution in [0.1, 0.15) is 16.7 Å². The maximum atomic E-state index is 5.94. The molecule has 112 valence electrons. The predicted molar refractivity (Wildman–Crippen MR) is 91.1 cm³/mol. The molecule has 0 aliphatic carbocycles. The van der Waals surface area contributed by atoms with Crippen molar-refractivity contribution in [3.05, 3.63) is 102 Å². The van der Waals surface area contributed by atoms with Crippen molar-refractivity contribution in [3.63, 3.8) is 0 Å². The Kier molecular flexibility index (Phi) is 9.00. The second-order valence-corrected chi connectivity index (χ2v) is 4.96. The quantitative estimate of drug-likeness (QED) is 0.481. The normalized spacial score (nSPS) is 9.39. The van der Waals surface area contributed by atoms with Crippen molar-refractivity contribution in [2.75, 3.05) is 0 Å². The van der Waals surface area contributed by atoms with Crippen LogP contribution in [0, 0.1) is 6.07 Å². The van der Waals surface area contributed by atoms with Crippen LogP contribution in [0.3, 0.4) is 0 Å². The first-order valence-electron chi connectivity index (χ1n) is 7.12. The van der Waals surface area contributed by atoms with Gasteiger partial charge in [-0.25, -0.2) is 0 Å². The number of para-hydroxylation sites is 1. The topological polar surface area (TPSA) is 9.23 Å². The Morgan fingerprint density at radius 3 is 2.00 bits per heavy atom. The van der Waals surface area contributed by atoms with Gasteiger partial charge in [0.05, 0.1) is 0 Å². The van der Waals surface area contributed by atoms with E-state index in [9.17, 15) is 0 Å². The van der Waals surface area contributed by atoms with Gasteiger partial charge in [0.15, 0.2) is 0 Å². The van der Waals surface area contributed by atoms with Crippen LogP contribution in [0.25, 0.3) is 0 Å². The van der Waals surface area contributed by atoms with E-state index in [1.165, 1.54) is 16.7 Å². The molecule has 0 spiro atoms. The van der Waals surface area contributed by atoms with E-state index in [2.05, 4.69) is 48.5 Å². The molecule has 0 aromatic heterocycles. The molecule has 0 saturated carbocycles. The molecule has 0 amide bonds. The van der Waals surface area contributed by atoms with Crippen molar-refractivity contribution >= 4 is 23.1 Å². The summed E-state index contributed by atoms with van der Waals surface area (Å²) >= 11 is 0. The monoisotopic (exact) mass is 376 g/mol. The summed E-state index contributed by atoms with van der Waals surface area (Å²) in [4.78, 5) is 0. The number of ether oxygens (including phenoxy) is 1. The largest absolute Gasteiger partial charge is 2.00 e. The van der Waals surface area contributed by atoms with Crippen molar-refractivity contribution in [2.45, 2.75) is 13.0 Å². The van der Waals surface area contributed by atoms with E-state index in [4.69, 9.17) is 4.74 Å². The fourth-order valence-electron chi connectivity index (χ4n) is 2.28. The Labute approximate surface area is 164 Å². The number of benzene rings is 3. The van der Waals surface area contributed by atoms with E-state index >= 15 is 0 Å². The van der Waals surface area contributed by atoms with Crippen LogP contribution >= 0.6 is 0 Å². The van der Waals surface area contributed by atoms with Crippen LogP contribution in [-0.2, 0) is 13.0 Å². The van der Waals surface area contributed by atoms with Gasteiger partial charge in [-0.05, 0) is 12.0 Å². The van der Waals surface area contributed by atoms with Crippen LogP contribution in [0.5, 0.6) is 5.75 Å². The summed E-state index contributed by atoms with van der Waals surface area (Å²) in [6.45, 7) is 0.573. The molecule has 0 radical (unpaired) electrons. The zero-order valence-electron chi connectivity index (χ0n) is 12.9. The third-order valence-electron chi connectivity index (χ3n) is 3.36. The fraction of sp³-hybridized carbons (Fsp3) is 0.100. The van der Waals surface area contributed by atoms with Crippen molar-refractivity contribution in [1.82, 2.24) is 0 Å². The molecule has 3 aromatic rings. The summed E-state index contributed by atoms with van der Waals surface area (Å²) in [7, 11) is 0. The first-order valence-corrected chi connectivity index (χ1v) is 7.12. The van der Waals surface area contributed by atoms with Gasteiger partial charge in [-0.15, -0.1) is 11.6 Å². The third-order valence-corrected chi connectivity index (χ3v) is 3.36. The Balaban J connectivity index is 0.00000132. The third kappa shape index (κ3) is 6.02. The Hall–Kier alpha value is -1.29. The number of hydrogen-bond donors (Lipinski definition) is 0. The maximum absolute atomic E-state index is 5.94. The minimum atomic E-state index is 0.